The van der Waals surface area contributed by atoms with E-state index >= 15 is 0 Å². The quantitative estimate of drug-likeness (QED) is 0.443. The first-order valence-corrected chi connectivity index (χ1v) is 5.62. The summed E-state index contributed by atoms with van der Waals surface area (Å²) in [6, 6.07) is 0. The van der Waals surface area contributed by atoms with Crippen LogP contribution in [0.1, 0.15) is 13.8 Å². The molecule has 0 spiro atoms. The van der Waals surface area contributed by atoms with Gasteiger partial charge in [0.15, 0.2) is 0 Å². The summed E-state index contributed by atoms with van der Waals surface area (Å²) in [5.41, 5.74) is 0.632. The molecule has 0 nitrogen and oxygen atoms in total. The van der Waals surface area contributed by atoms with Crippen molar-refractivity contribution in [3.8, 4) is 0 Å². The summed E-state index contributed by atoms with van der Waals surface area (Å²) in [6.07, 6.45) is 0. The number of rotatable bonds is 1. The first-order chi connectivity index (χ1) is 2.94. The first kappa shape index (κ1) is 4.38. The van der Waals surface area contributed by atoms with Gasteiger partial charge >= 0.3 is 42.4 Å². The van der Waals surface area contributed by atoms with Crippen LogP contribution in [0.25, 0.3) is 0 Å². The van der Waals surface area contributed by atoms with Gasteiger partial charge in [-0.2, -0.15) is 0 Å². The van der Waals surface area contributed by atoms with Crippen molar-refractivity contribution in [2.75, 3.05) is 0 Å². The fourth-order valence-corrected chi connectivity index (χ4v) is 0. The van der Waals surface area contributed by atoms with E-state index < -0.39 is 8.73 Å². The molecule has 0 heterocycles. The maximum atomic E-state index is 7.55. The Bertz CT molecular complexity index is 53.6. The fraction of sp³-hybridized carbons (Fsp3) is 1.00. The molecule has 0 fully saturated rings. The van der Waals surface area contributed by atoms with Crippen LogP contribution in [-0.4, -0.2) is 9.96 Å². The topological polar surface area (TPSA) is 0 Å². The van der Waals surface area contributed by atoms with Crippen molar-refractivity contribution in [1.82, 2.24) is 0 Å². The van der Waals surface area contributed by atoms with Crippen LogP contribution in [0.2, 0.25) is 18.6 Å². The van der Waals surface area contributed by atoms with E-state index in [4.69, 9.17) is 1.23 Å². The molecule has 6 heavy (non-hydrogen) atoms. The molecule has 0 radical (unpaired) electrons. The van der Waals surface area contributed by atoms with Crippen LogP contribution in [0.5, 0.6) is 0 Å². The molecule has 0 saturated carbocycles. The van der Waals surface area contributed by atoms with Crippen molar-refractivity contribution in [3.05, 3.63) is 0 Å². The molecule has 0 rings (SSSR count). The molecule has 0 aromatic carbocycles. The average Bonchev–Trinajstić information content (AvgIpc) is 1.31. The Labute approximate surface area is 43.4 Å². The Hall–Kier alpha value is 0.217. The molecule has 40 valence electrons. The molecule has 0 N–H and O–H groups in total. The summed E-state index contributed by atoms with van der Waals surface area (Å²) in [6.45, 7) is 8.46. The predicted molar refractivity (Wildman–Crippen MR) is 35.4 cm³/mol. The van der Waals surface area contributed by atoms with Gasteiger partial charge in [-0.1, -0.05) is 0 Å². The number of hydrogen-bond acceptors (Lipinski definition) is 0. The molecule has 1 heteroatoms. The van der Waals surface area contributed by atoms with Crippen molar-refractivity contribution >= 4 is 8.73 Å². The Morgan fingerprint density at radius 1 is 1.50 bits per heavy atom. The third kappa shape index (κ3) is 2.45. The second-order valence-electron chi connectivity index (χ2n) is 2.49. The maximum absolute atomic E-state index is 7.55. The van der Waals surface area contributed by atoms with Crippen molar-refractivity contribution < 1.29 is 0 Å². The van der Waals surface area contributed by atoms with Crippen molar-refractivity contribution in [3.63, 3.8) is 0 Å². The van der Waals surface area contributed by atoms with Crippen LogP contribution in [0.3, 0.4) is 0 Å². The van der Waals surface area contributed by atoms with Crippen LogP contribution >= 0.6 is 0 Å². The summed E-state index contributed by atoms with van der Waals surface area (Å²) in [4.78, 5) is 0. The van der Waals surface area contributed by atoms with E-state index in [-0.39, 0.29) is 0 Å². The van der Waals surface area contributed by atoms with Gasteiger partial charge in [-0.3, -0.25) is 0 Å². The Morgan fingerprint density at radius 3 is 1.67 bits per heavy atom. The van der Waals surface area contributed by atoms with Crippen LogP contribution in [0.15, 0.2) is 0 Å². The summed E-state index contributed by atoms with van der Waals surface area (Å²) in [7, 11) is -1.73. The van der Waals surface area contributed by atoms with Gasteiger partial charge in [0.1, 0.15) is 0 Å². The molecule has 0 aliphatic carbocycles. The van der Waals surface area contributed by atoms with E-state index in [1.165, 1.54) is 0 Å². The zero-order chi connectivity index (χ0) is 6.08. The standard InChI is InChI=1S/C5H15Si/c1-5(2)6(3)4/h5H,6H2,1-4H3/q-1/i6D. The monoisotopic (exact) mass is 104 g/mol. The zero-order valence-corrected chi connectivity index (χ0v) is 6.31. The van der Waals surface area contributed by atoms with Gasteiger partial charge in [-0.05, 0) is 0 Å². The summed E-state index contributed by atoms with van der Waals surface area (Å²) in [5, 5.41) is 0. The van der Waals surface area contributed by atoms with Crippen LogP contribution in [-0.2, 0) is 0 Å². The molecule has 0 saturated heterocycles. The number of hydrogen-bond donors (Lipinski definition) is 0. The average molecular weight is 104 g/mol. The van der Waals surface area contributed by atoms with Gasteiger partial charge in [0.05, 0.1) is 0 Å². The normalized spacial score (nSPS) is 17.8. The van der Waals surface area contributed by atoms with Gasteiger partial charge in [-0.15, -0.1) is 0 Å². The van der Waals surface area contributed by atoms with Crippen molar-refractivity contribution in [2.24, 2.45) is 0 Å². The molecule has 0 amide bonds. The van der Waals surface area contributed by atoms with Gasteiger partial charge in [0.2, 0.25) is 0 Å². The predicted octanol–water partition coefficient (Wildman–Crippen LogP) is 1.62. The molecule has 0 bridgehead atoms. The Balaban J connectivity index is 3.54. The molecule has 0 unspecified atom stereocenters. The van der Waals surface area contributed by atoms with E-state index in [9.17, 15) is 0 Å². The van der Waals surface area contributed by atoms with Gasteiger partial charge in [-0.25, -0.2) is 0 Å². The summed E-state index contributed by atoms with van der Waals surface area (Å²) in [5.74, 6) is 0. The third-order valence-corrected chi connectivity index (χ3v) is 4.00. The summed E-state index contributed by atoms with van der Waals surface area (Å²) >= 11 is 0. The fourth-order valence-electron chi connectivity index (χ4n) is 0. The van der Waals surface area contributed by atoms with E-state index in [0.717, 1.165) is 0 Å². The van der Waals surface area contributed by atoms with Crippen molar-refractivity contribution in [1.29, 1.82) is 1.23 Å². The molecule has 0 aliphatic heterocycles. The first-order valence-electron chi connectivity index (χ1n) is 3.22. The van der Waals surface area contributed by atoms with Crippen molar-refractivity contribution in [2.45, 2.75) is 32.5 Å². The van der Waals surface area contributed by atoms with Gasteiger partial charge < -0.3 is 0 Å². The second-order valence-corrected chi connectivity index (χ2v) is 6.31. The third-order valence-electron chi connectivity index (χ3n) is 1.33. The minimum atomic E-state index is -1.73. The molecule has 0 aromatic rings. The van der Waals surface area contributed by atoms with E-state index in [2.05, 4.69) is 26.9 Å². The van der Waals surface area contributed by atoms with E-state index in [1.54, 1.807) is 0 Å². The molecular formula is C5H15Si-. The van der Waals surface area contributed by atoms with E-state index in [1.807, 2.05) is 0 Å². The van der Waals surface area contributed by atoms with Crippen LogP contribution in [0.4, 0.5) is 0 Å². The Morgan fingerprint density at radius 2 is 1.67 bits per heavy atom. The second kappa shape index (κ2) is 2.40. The van der Waals surface area contributed by atoms with E-state index in [0.29, 0.717) is 5.54 Å². The van der Waals surface area contributed by atoms with Crippen LogP contribution < -0.4 is 0 Å². The zero-order valence-electron chi connectivity index (χ0n) is 6.15. The molecule has 0 aromatic heterocycles. The Kier molecular flexibility index (Phi) is 1.75. The molecule has 0 atom stereocenters. The SMILES string of the molecule is [2H][SiH-](C)(C)C(C)C. The molecule has 0 aliphatic rings. The van der Waals surface area contributed by atoms with Gasteiger partial charge in [0, 0.05) is 0 Å². The molecular weight excluding hydrogens is 88.1 g/mol. The summed E-state index contributed by atoms with van der Waals surface area (Å²) < 4.78 is 7.55. The minimum absolute atomic E-state index is 0.632. The van der Waals surface area contributed by atoms with Gasteiger partial charge in [0.25, 0.3) is 0 Å². The van der Waals surface area contributed by atoms with Crippen LogP contribution in [0, 0.1) is 0 Å².